The third kappa shape index (κ3) is 4.63. The Morgan fingerprint density at radius 3 is 2.83 bits per heavy atom. The average Bonchev–Trinajstić information content (AvgIpc) is 2.59. The Labute approximate surface area is 151 Å². The van der Waals surface area contributed by atoms with Crippen LogP contribution in [-0.2, 0) is 11.3 Å². The summed E-state index contributed by atoms with van der Waals surface area (Å²) in [6.07, 6.45) is 1.65. The van der Waals surface area contributed by atoms with E-state index in [9.17, 15) is 9.59 Å². The summed E-state index contributed by atoms with van der Waals surface area (Å²) in [6.45, 7) is 1.58. The zero-order chi connectivity index (χ0) is 17.7. The van der Waals surface area contributed by atoms with Gasteiger partial charge in [-0.25, -0.2) is 4.79 Å². The molecule has 24 heavy (non-hydrogen) atoms. The summed E-state index contributed by atoms with van der Waals surface area (Å²) in [4.78, 5) is 27.8. The highest BCUT2D eigenvalue weighted by Gasteiger charge is 2.29. The van der Waals surface area contributed by atoms with Crippen LogP contribution in [0, 0.1) is 5.92 Å². The van der Waals surface area contributed by atoms with Gasteiger partial charge in [0.05, 0.1) is 13.0 Å². The number of likely N-dealkylation sites (tertiary alicyclic amines) is 1. The minimum absolute atomic E-state index is 0.0201. The van der Waals surface area contributed by atoms with Crippen LogP contribution in [0.15, 0.2) is 22.7 Å². The van der Waals surface area contributed by atoms with Gasteiger partial charge in [-0.3, -0.25) is 4.79 Å². The van der Waals surface area contributed by atoms with Gasteiger partial charge in [0, 0.05) is 43.8 Å². The van der Waals surface area contributed by atoms with Crippen LogP contribution in [0.2, 0.25) is 0 Å². The van der Waals surface area contributed by atoms with Gasteiger partial charge in [-0.15, -0.1) is 0 Å². The maximum Gasteiger partial charge on any atom is 0.319 e. The summed E-state index contributed by atoms with van der Waals surface area (Å²) in [5.74, 6) is 0.556. The highest BCUT2D eigenvalue weighted by molar-refractivity contribution is 9.10. The van der Waals surface area contributed by atoms with Crippen molar-refractivity contribution in [3.8, 4) is 5.75 Å². The largest absolute Gasteiger partial charge is 0.496 e. The third-order valence-electron chi connectivity index (χ3n) is 4.14. The Balaban J connectivity index is 1.95. The van der Waals surface area contributed by atoms with Crippen molar-refractivity contribution in [2.45, 2.75) is 19.4 Å². The van der Waals surface area contributed by atoms with Crippen LogP contribution >= 0.6 is 15.9 Å². The first kappa shape index (κ1) is 18.6. The molecule has 1 aromatic carbocycles. The lowest BCUT2D eigenvalue weighted by molar-refractivity contribution is -0.126. The molecule has 1 aliphatic rings. The van der Waals surface area contributed by atoms with Crippen molar-refractivity contribution in [2.75, 3.05) is 34.3 Å². The van der Waals surface area contributed by atoms with Crippen LogP contribution < -0.4 is 10.1 Å². The maximum atomic E-state index is 12.5. The van der Waals surface area contributed by atoms with E-state index in [1.54, 1.807) is 31.0 Å². The van der Waals surface area contributed by atoms with Gasteiger partial charge in [-0.2, -0.15) is 0 Å². The van der Waals surface area contributed by atoms with Gasteiger partial charge in [-0.05, 0) is 31.0 Å². The van der Waals surface area contributed by atoms with E-state index in [0.717, 1.165) is 28.6 Å². The number of piperidine rings is 1. The average molecular weight is 398 g/mol. The molecule has 0 saturated carbocycles. The second-order valence-electron chi connectivity index (χ2n) is 6.14. The molecule has 132 valence electrons. The van der Waals surface area contributed by atoms with E-state index in [1.165, 1.54) is 0 Å². The predicted molar refractivity (Wildman–Crippen MR) is 95.9 cm³/mol. The van der Waals surface area contributed by atoms with E-state index in [2.05, 4.69) is 21.2 Å². The standard InChI is InChI=1S/C17H24BrN3O3/c1-20(2)17(23)21-8-4-5-12(11-21)16(22)19-10-13-9-14(18)6-7-15(13)24-3/h6-7,9,12H,4-5,8,10-11H2,1-3H3,(H,19,22)/t12-/m0/s1. The molecule has 0 spiro atoms. The quantitative estimate of drug-likeness (QED) is 0.848. The number of hydrogen-bond donors (Lipinski definition) is 1. The molecule has 0 bridgehead atoms. The molecule has 7 heteroatoms. The van der Waals surface area contributed by atoms with E-state index in [1.807, 2.05) is 18.2 Å². The molecule has 0 unspecified atom stereocenters. The van der Waals surface area contributed by atoms with Gasteiger partial charge in [0.2, 0.25) is 5.91 Å². The first-order valence-electron chi connectivity index (χ1n) is 7.98. The number of urea groups is 1. The lowest BCUT2D eigenvalue weighted by Gasteiger charge is -2.33. The van der Waals surface area contributed by atoms with Crippen molar-refractivity contribution in [3.63, 3.8) is 0 Å². The van der Waals surface area contributed by atoms with Gasteiger partial charge in [0.25, 0.3) is 0 Å². The molecular formula is C17H24BrN3O3. The number of hydrogen-bond acceptors (Lipinski definition) is 3. The monoisotopic (exact) mass is 397 g/mol. The number of rotatable bonds is 4. The molecule has 1 aliphatic heterocycles. The number of ether oxygens (including phenoxy) is 1. The zero-order valence-electron chi connectivity index (χ0n) is 14.3. The molecule has 2 rings (SSSR count). The fourth-order valence-electron chi connectivity index (χ4n) is 2.86. The topological polar surface area (TPSA) is 61.9 Å². The van der Waals surface area contributed by atoms with Crippen LogP contribution in [0.5, 0.6) is 5.75 Å². The fraction of sp³-hybridized carbons (Fsp3) is 0.529. The number of benzene rings is 1. The Bertz CT molecular complexity index is 607. The smallest absolute Gasteiger partial charge is 0.319 e. The van der Waals surface area contributed by atoms with E-state index >= 15 is 0 Å². The lowest BCUT2D eigenvalue weighted by atomic mass is 9.97. The summed E-state index contributed by atoms with van der Waals surface area (Å²) in [6, 6.07) is 5.66. The van der Waals surface area contributed by atoms with Crippen molar-refractivity contribution in [2.24, 2.45) is 5.92 Å². The van der Waals surface area contributed by atoms with Crippen molar-refractivity contribution in [1.82, 2.24) is 15.1 Å². The summed E-state index contributed by atoms with van der Waals surface area (Å²) in [5, 5.41) is 2.97. The van der Waals surface area contributed by atoms with Gasteiger partial charge >= 0.3 is 6.03 Å². The van der Waals surface area contributed by atoms with Crippen LogP contribution in [0.25, 0.3) is 0 Å². The third-order valence-corrected chi connectivity index (χ3v) is 4.63. The molecule has 0 aromatic heterocycles. The molecule has 3 amide bonds. The Morgan fingerprint density at radius 1 is 1.42 bits per heavy atom. The molecule has 1 heterocycles. The van der Waals surface area contributed by atoms with E-state index in [4.69, 9.17) is 4.74 Å². The summed E-state index contributed by atoms with van der Waals surface area (Å²) in [7, 11) is 5.07. The van der Waals surface area contributed by atoms with E-state index in [-0.39, 0.29) is 17.9 Å². The SMILES string of the molecule is COc1ccc(Br)cc1CNC(=O)[C@H]1CCCN(C(=O)N(C)C)C1. The highest BCUT2D eigenvalue weighted by Crippen LogP contribution is 2.23. The molecule has 0 aliphatic carbocycles. The van der Waals surface area contributed by atoms with Crippen molar-refractivity contribution in [3.05, 3.63) is 28.2 Å². The highest BCUT2D eigenvalue weighted by atomic mass is 79.9. The second-order valence-corrected chi connectivity index (χ2v) is 7.05. The van der Waals surface area contributed by atoms with Crippen LogP contribution in [0.3, 0.4) is 0 Å². The molecular weight excluding hydrogens is 374 g/mol. The van der Waals surface area contributed by atoms with Gasteiger partial charge in [-0.1, -0.05) is 15.9 Å². The fourth-order valence-corrected chi connectivity index (χ4v) is 3.27. The molecule has 0 radical (unpaired) electrons. The van der Waals surface area contributed by atoms with Crippen molar-refractivity contribution < 1.29 is 14.3 Å². The number of carbonyl (C=O) groups is 2. The van der Waals surface area contributed by atoms with E-state index in [0.29, 0.717) is 19.6 Å². The first-order valence-corrected chi connectivity index (χ1v) is 8.78. The number of nitrogens with zero attached hydrogens (tertiary/aromatic N) is 2. The molecule has 6 nitrogen and oxygen atoms in total. The van der Waals surface area contributed by atoms with Crippen LogP contribution in [0.1, 0.15) is 18.4 Å². The van der Waals surface area contributed by atoms with E-state index < -0.39 is 0 Å². The number of methoxy groups -OCH3 is 1. The van der Waals surface area contributed by atoms with Gasteiger partial charge in [0.1, 0.15) is 5.75 Å². The Hall–Kier alpha value is -1.76. The summed E-state index contributed by atoms with van der Waals surface area (Å²) < 4.78 is 6.26. The molecule has 1 N–H and O–H groups in total. The van der Waals surface area contributed by atoms with Gasteiger partial charge in [0.15, 0.2) is 0 Å². The van der Waals surface area contributed by atoms with Gasteiger partial charge < -0.3 is 19.9 Å². The zero-order valence-corrected chi connectivity index (χ0v) is 15.9. The number of nitrogens with one attached hydrogen (secondary N) is 1. The van der Waals surface area contributed by atoms with Crippen LogP contribution in [0.4, 0.5) is 4.79 Å². The summed E-state index contributed by atoms with van der Waals surface area (Å²) in [5.41, 5.74) is 0.914. The lowest BCUT2D eigenvalue weighted by Crippen LogP contribution is -2.48. The predicted octanol–water partition coefficient (Wildman–Crippen LogP) is 2.47. The number of halogens is 1. The number of carbonyl (C=O) groups excluding carboxylic acids is 2. The number of amides is 3. The van der Waals surface area contributed by atoms with Crippen molar-refractivity contribution >= 4 is 27.9 Å². The molecule has 1 atom stereocenters. The second kappa shape index (κ2) is 8.37. The van der Waals surface area contributed by atoms with Crippen LogP contribution in [-0.4, -0.2) is 56.0 Å². The minimum atomic E-state index is -0.166. The Morgan fingerprint density at radius 2 is 2.17 bits per heavy atom. The first-order chi connectivity index (χ1) is 11.4. The minimum Gasteiger partial charge on any atom is -0.496 e. The van der Waals surface area contributed by atoms with Crippen molar-refractivity contribution in [1.29, 1.82) is 0 Å². The molecule has 1 fully saturated rings. The Kier molecular flexibility index (Phi) is 6.48. The molecule has 1 aromatic rings. The molecule has 1 saturated heterocycles. The maximum absolute atomic E-state index is 12.5. The summed E-state index contributed by atoms with van der Waals surface area (Å²) >= 11 is 3.43. The normalized spacial score (nSPS) is 17.3.